The minimum Gasteiger partial charge on any atom is -0.495 e. The molecule has 0 amide bonds. The van der Waals surface area contributed by atoms with Crippen LogP contribution in [0.15, 0.2) is 24.5 Å². The minimum atomic E-state index is 0.528. The second-order valence-corrected chi connectivity index (χ2v) is 4.59. The molecule has 0 fully saturated rings. The summed E-state index contributed by atoms with van der Waals surface area (Å²) in [5.74, 6) is 1.15. The molecule has 0 atom stereocenters. The number of anilines is 1. The minimum absolute atomic E-state index is 0.528. The van der Waals surface area contributed by atoms with Crippen molar-refractivity contribution in [1.29, 1.82) is 0 Å². The first-order chi connectivity index (χ1) is 9.17. The monoisotopic (exact) mass is 277 g/mol. The third kappa shape index (κ3) is 2.79. The standard InChI is InChI=1S/C14H16ClN3O/c1-3-4-10-13(17-8-18-14(10)16)9-5-6-11(15)12(7-9)19-2/h5-8H,3-4H2,1-2H3,(H2,16,17,18). The molecule has 0 unspecified atom stereocenters. The number of nitrogen functional groups attached to an aromatic ring is 1. The Morgan fingerprint density at radius 1 is 1.32 bits per heavy atom. The lowest BCUT2D eigenvalue weighted by atomic mass is 10.0. The van der Waals surface area contributed by atoms with Crippen LogP contribution in [0.25, 0.3) is 11.3 Å². The Kier molecular flexibility index (Phi) is 4.22. The summed E-state index contributed by atoms with van der Waals surface area (Å²) in [4.78, 5) is 8.40. The largest absolute Gasteiger partial charge is 0.495 e. The fraction of sp³-hybridized carbons (Fsp3) is 0.286. The molecule has 0 spiro atoms. The van der Waals surface area contributed by atoms with Crippen LogP contribution in [-0.2, 0) is 6.42 Å². The Hall–Kier alpha value is -1.81. The van der Waals surface area contributed by atoms with Gasteiger partial charge in [-0.1, -0.05) is 31.0 Å². The topological polar surface area (TPSA) is 61.0 Å². The van der Waals surface area contributed by atoms with Gasteiger partial charge in [0.2, 0.25) is 0 Å². The van der Waals surface area contributed by atoms with Gasteiger partial charge in [0.1, 0.15) is 17.9 Å². The van der Waals surface area contributed by atoms with E-state index in [1.165, 1.54) is 6.33 Å². The zero-order valence-electron chi connectivity index (χ0n) is 11.0. The summed E-state index contributed by atoms with van der Waals surface area (Å²) < 4.78 is 5.23. The molecule has 2 N–H and O–H groups in total. The Labute approximate surface area is 117 Å². The molecule has 2 aromatic rings. The van der Waals surface area contributed by atoms with Gasteiger partial charge in [0.25, 0.3) is 0 Å². The highest BCUT2D eigenvalue weighted by molar-refractivity contribution is 6.32. The van der Waals surface area contributed by atoms with Crippen molar-refractivity contribution in [2.75, 3.05) is 12.8 Å². The molecule has 0 saturated heterocycles. The molecular weight excluding hydrogens is 262 g/mol. The van der Waals surface area contributed by atoms with Crippen molar-refractivity contribution >= 4 is 17.4 Å². The van der Waals surface area contributed by atoms with Crippen molar-refractivity contribution < 1.29 is 4.74 Å². The van der Waals surface area contributed by atoms with E-state index in [4.69, 9.17) is 22.1 Å². The maximum absolute atomic E-state index is 6.03. The van der Waals surface area contributed by atoms with Crippen LogP contribution in [0.4, 0.5) is 5.82 Å². The third-order valence-electron chi connectivity index (χ3n) is 2.90. The molecule has 4 nitrogen and oxygen atoms in total. The van der Waals surface area contributed by atoms with Gasteiger partial charge < -0.3 is 10.5 Å². The highest BCUT2D eigenvalue weighted by atomic mass is 35.5. The molecule has 5 heteroatoms. The number of ether oxygens (including phenoxy) is 1. The fourth-order valence-electron chi connectivity index (χ4n) is 1.98. The zero-order chi connectivity index (χ0) is 13.8. The van der Waals surface area contributed by atoms with Gasteiger partial charge >= 0.3 is 0 Å². The zero-order valence-corrected chi connectivity index (χ0v) is 11.7. The third-order valence-corrected chi connectivity index (χ3v) is 3.22. The SMILES string of the molecule is CCCc1c(N)ncnc1-c1ccc(Cl)c(OC)c1. The molecule has 1 aromatic carbocycles. The van der Waals surface area contributed by atoms with Crippen molar-refractivity contribution in [2.45, 2.75) is 19.8 Å². The Morgan fingerprint density at radius 3 is 2.79 bits per heavy atom. The Morgan fingerprint density at radius 2 is 2.11 bits per heavy atom. The van der Waals surface area contributed by atoms with Gasteiger partial charge in [0.15, 0.2) is 0 Å². The lowest BCUT2D eigenvalue weighted by molar-refractivity contribution is 0.415. The first-order valence-electron chi connectivity index (χ1n) is 6.10. The van der Waals surface area contributed by atoms with E-state index in [2.05, 4.69) is 16.9 Å². The van der Waals surface area contributed by atoms with Crippen molar-refractivity contribution in [3.63, 3.8) is 0 Å². The van der Waals surface area contributed by atoms with Gasteiger partial charge in [0, 0.05) is 11.1 Å². The van der Waals surface area contributed by atoms with Gasteiger partial charge in [-0.3, -0.25) is 0 Å². The van der Waals surface area contributed by atoms with Crippen molar-refractivity contribution in [2.24, 2.45) is 0 Å². The first-order valence-corrected chi connectivity index (χ1v) is 6.48. The molecule has 0 radical (unpaired) electrons. The van der Waals surface area contributed by atoms with Crippen LogP contribution in [0.2, 0.25) is 5.02 Å². The average molecular weight is 278 g/mol. The second-order valence-electron chi connectivity index (χ2n) is 4.19. The predicted molar refractivity (Wildman–Crippen MR) is 77.4 cm³/mol. The number of hydrogen-bond acceptors (Lipinski definition) is 4. The molecule has 0 aliphatic heterocycles. The second kappa shape index (κ2) is 5.89. The molecule has 19 heavy (non-hydrogen) atoms. The van der Waals surface area contributed by atoms with E-state index in [0.717, 1.165) is 29.7 Å². The van der Waals surface area contributed by atoms with Crippen LogP contribution in [0.1, 0.15) is 18.9 Å². The van der Waals surface area contributed by atoms with Crippen LogP contribution in [0.3, 0.4) is 0 Å². The number of rotatable bonds is 4. The van der Waals surface area contributed by atoms with Crippen molar-refractivity contribution in [3.05, 3.63) is 35.1 Å². The summed E-state index contributed by atoms with van der Waals surface area (Å²) in [6, 6.07) is 5.57. The van der Waals surface area contributed by atoms with Crippen LogP contribution in [0, 0.1) is 0 Å². The maximum Gasteiger partial charge on any atom is 0.138 e. The van der Waals surface area contributed by atoms with Gasteiger partial charge in [-0.2, -0.15) is 0 Å². The van der Waals surface area contributed by atoms with Crippen LogP contribution < -0.4 is 10.5 Å². The number of nitrogens with zero attached hydrogens (tertiary/aromatic N) is 2. The lowest BCUT2D eigenvalue weighted by Crippen LogP contribution is -2.02. The molecule has 100 valence electrons. The molecular formula is C14H16ClN3O. The van der Waals surface area contributed by atoms with Crippen LogP contribution >= 0.6 is 11.6 Å². The van der Waals surface area contributed by atoms with E-state index in [0.29, 0.717) is 16.6 Å². The molecule has 1 heterocycles. The molecule has 2 rings (SSSR count). The Bertz CT molecular complexity index is 587. The average Bonchev–Trinajstić information content (AvgIpc) is 2.42. The van der Waals surface area contributed by atoms with Gasteiger partial charge in [-0.15, -0.1) is 0 Å². The summed E-state index contributed by atoms with van der Waals surface area (Å²) in [6.07, 6.45) is 3.30. The highest BCUT2D eigenvalue weighted by Crippen LogP contribution is 2.32. The van der Waals surface area contributed by atoms with E-state index in [-0.39, 0.29) is 0 Å². The molecule has 0 aliphatic carbocycles. The normalized spacial score (nSPS) is 10.5. The van der Waals surface area contributed by atoms with E-state index in [1.807, 2.05) is 12.1 Å². The van der Waals surface area contributed by atoms with Crippen LogP contribution in [0.5, 0.6) is 5.75 Å². The number of methoxy groups -OCH3 is 1. The van der Waals surface area contributed by atoms with E-state index in [1.54, 1.807) is 13.2 Å². The smallest absolute Gasteiger partial charge is 0.138 e. The number of aromatic nitrogens is 2. The lowest BCUT2D eigenvalue weighted by Gasteiger charge is -2.11. The number of nitrogens with two attached hydrogens (primary N) is 1. The summed E-state index contributed by atoms with van der Waals surface area (Å²) in [7, 11) is 1.59. The van der Waals surface area contributed by atoms with Gasteiger partial charge in [-0.05, 0) is 18.6 Å². The molecule has 1 aromatic heterocycles. The summed E-state index contributed by atoms with van der Waals surface area (Å²) in [5.41, 5.74) is 8.67. The molecule has 0 saturated carbocycles. The summed E-state index contributed by atoms with van der Waals surface area (Å²) >= 11 is 6.03. The fourth-order valence-corrected chi connectivity index (χ4v) is 2.17. The number of benzene rings is 1. The van der Waals surface area contributed by atoms with Gasteiger partial charge in [-0.25, -0.2) is 9.97 Å². The Balaban J connectivity index is 2.55. The van der Waals surface area contributed by atoms with E-state index in [9.17, 15) is 0 Å². The number of halogens is 1. The quantitative estimate of drug-likeness (QED) is 0.931. The van der Waals surface area contributed by atoms with Crippen LogP contribution in [-0.4, -0.2) is 17.1 Å². The van der Waals surface area contributed by atoms with Crippen molar-refractivity contribution in [1.82, 2.24) is 9.97 Å². The summed E-state index contributed by atoms with van der Waals surface area (Å²) in [5, 5.41) is 0.574. The molecule has 0 bridgehead atoms. The maximum atomic E-state index is 6.03. The predicted octanol–water partition coefficient (Wildman–Crippen LogP) is 3.34. The molecule has 0 aliphatic rings. The van der Waals surface area contributed by atoms with E-state index >= 15 is 0 Å². The van der Waals surface area contributed by atoms with Gasteiger partial charge in [0.05, 0.1) is 17.8 Å². The summed E-state index contributed by atoms with van der Waals surface area (Å²) in [6.45, 7) is 2.10. The van der Waals surface area contributed by atoms with Crippen molar-refractivity contribution in [3.8, 4) is 17.0 Å². The highest BCUT2D eigenvalue weighted by Gasteiger charge is 2.12. The van der Waals surface area contributed by atoms with E-state index < -0.39 is 0 Å². The first kappa shape index (κ1) is 13.6. The number of hydrogen-bond donors (Lipinski definition) is 1.